The van der Waals surface area contributed by atoms with Crippen molar-refractivity contribution < 1.29 is 8.42 Å². The Morgan fingerprint density at radius 1 is 1.59 bits per heavy atom. The SMILES string of the molecule is Cc1cccnc1CC(Cl)C1CCS(=O)(=O)C1. The Balaban J connectivity index is 2.03. The first-order valence-electron chi connectivity index (χ1n) is 5.73. The average Bonchev–Trinajstić information content (AvgIpc) is 2.62. The van der Waals surface area contributed by atoms with E-state index in [0.717, 1.165) is 11.3 Å². The first kappa shape index (κ1) is 12.8. The van der Waals surface area contributed by atoms with E-state index < -0.39 is 9.84 Å². The van der Waals surface area contributed by atoms with Gasteiger partial charge in [0, 0.05) is 23.7 Å². The molecule has 1 fully saturated rings. The smallest absolute Gasteiger partial charge is 0.150 e. The number of aromatic nitrogens is 1. The highest BCUT2D eigenvalue weighted by atomic mass is 35.5. The van der Waals surface area contributed by atoms with E-state index in [9.17, 15) is 8.42 Å². The van der Waals surface area contributed by atoms with Crippen LogP contribution in [-0.2, 0) is 16.3 Å². The first-order valence-corrected chi connectivity index (χ1v) is 7.99. The minimum atomic E-state index is -2.85. The van der Waals surface area contributed by atoms with Gasteiger partial charge >= 0.3 is 0 Å². The molecule has 0 aliphatic carbocycles. The van der Waals surface area contributed by atoms with Crippen LogP contribution in [0.1, 0.15) is 17.7 Å². The second-order valence-electron chi connectivity index (χ2n) is 4.65. The van der Waals surface area contributed by atoms with Gasteiger partial charge in [-0.05, 0) is 30.9 Å². The number of aryl methyl sites for hydroxylation is 1. The van der Waals surface area contributed by atoms with Gasteiger partial charge in [-0.15, -0.1) is 11.6 Å². The molecule has 1 saturated heterocycles. The molecular formula is C12H16ClNO2S. The van der Waals surface area contributed by atoms with Crippen LogP contribution in [-0.4, -0.2) is 30.3 Å². The molecule has 17 heavy (non-hydrogen) atoms. The van der Waals surface area contributed by atoms with Crippen LogP contribution in [0.25, 0.3) is 0 Å². The zero-order valence-corrected chi connectivity index (χ0v) is 11.3. The fraction of sp³-hybridized carbons (Fsp3) is 0.583. The Morgan fingerprint density at radius 2 is 2.35 bits per heavy atom. The molecule has 0 aromatic carbocycles. The first-order chi connectivity index (χ1) is 7.98. The van der Waals surface area contributed by atoms with Crippen LogP contribution in [0, 0.1) is 12.8 Å². The van der Waals surface area contributed by atoms with Gasteiger partial charge in [0.25, 0.3) is 0 Å². The molecule has 1 aliphatic heterocycles. The second kappa shape index (κ2) is 4.94. The van der Waals surface area contributed by atoms with Crippen molar-refractivity contribution in [1.82, 2.24) is 4.98 Å². The Morgan fingerprint density at radius 3 is 2.94 bits per heavy atom. The van der Waals surface area contributed by atoms with Crippen LogP contribution in [0.3, 0.4) is 0 Å². The van der Waals surface area contributed by atoms with Gasteiger partial charge in [0.2, 0.25) is 0 Å². The van der Waals surface area contributed by atoms with E-state index in [4.69, 9.17) is 11.6 Å². The number of rotatable bonds is 3. The third kappa shape index (κ3) is 3.19. The molecule has 94 valence electrons. The second-order valence-corrected chi connectivity index (χ2v) is 7.44. The van der Waals surface area contributed by atoms with Gasteiger partial charge in [-0.25, -0.2) is 8.42 Å². The molecular weight excluding hydrogens is 258 g/mol. The van der Waals surface area contributed by atoms with Gasteiger partial charge < -0.3 is 0 Å². The number of sulfone groups is 1. The van der Waals surface area contributed by atoms with Gasteiger partial charge in [-0.2, -0.15) is 0 Å². The summed E-state index contributed by atoms with van der Waals surface area (Å²) in [5.41, 5.74) is 2.08. The maximum absolute atomic E-state index is 11.4. The molecule has 5 heteroatoms. The molecule has 3 nitrogen and oxygen atoms in total. The van der Waals surface area contributed by atoms with Gasteiger partial charge in [0.05, 0.1) is 11.5 Å². The highest BCUT2D eigenvalue weighted by molar-refractivity contribution is 7.91. The molecule has 1 aromatic heterocycles. The minimum absolute atomic E-state index is 0.0723. The van der Waals surface area contributed by atoms with Crippen molar-refractivity contribution in [3.63, 3.8) is 0 Å². The molecule has 0 radical (unpaired) electrons. The van der Waals surface area contributed by atoms with Crippen molar-refractivity contribution in [2.75, 3.05) is 11.5 Å². The zero-order valence-electron chi connectivity index (χ0n) is 9.77. The lowest BCUT2D eigenvalue weighted by Gasteiger charge is -2.15. The summed E-state index contributed by atoms with van der Waals surface area (Å²) in [6, 6.07) is 3.89. The standard InChI is InChI=1S/C12H16ClNO2S/c1-9-3-2-5-14-12(9)7-11(13)10-4-6-17(15,16)8-10/h2-3,5,10-11H,4,6-8H2,1H3. The molecule has 0 bridgehead atoms. The van der Waals surface area contributed by atoms with Crippen molar-refractivity contribution in [2.24, 2.45) is 5.92 Å². The van der Waals surface area contributed by atoms with Gasteiger partial charge in [0.1, 0.15) is 0 Å². The topological polar surface area (TPSA) is 47.0 Å². The summed E-state index contributed by atoms with van der Waals surface area (Å²) in [5.74, 6) is 0.581. The highest BCUT2D eigenvalue weighted by Gasteiger charge is 2.33. The molecule has 1 aliphatic rings. The van der Waals surface area contributed by atoms with Crippen LogP contribution in [0.4, 0.5) is 0 Å². The Hall–Kier alpha value is -0.610. The lowest BCUT2D eigenvalue weighted by Crippen LogP contribution is -2.19. The number of hydrogen-bond donors (Lipinski definition) is 0. The summed E-state index contributed by atoms with van der Waals surface area (Å²) in [6.45, 7) is 2.00. The molecule has 2 heterocycles. The van der Waals surface area contributed by atoms with Crippen molar-refractivity contribution in [1.29, 1.82) is 0 Å². The van der Waals surface area contributed by atoms with Gasteiger partial charge in [-0.3, -0.25) is 4.98 Å². The van der Waals surface area contributed by atoms with Crippen LogP contribution in [0.15, 0.2) is 18.3 Å². The predicted molar refractivity (Wildman–Crippen MR) is 69.1 cm³/mol. The van der Waals surface area contributed by atoms with E-state index in [1.54, 1.807) is 6.20 Å². The van der Waals surface area contributed by atoms with Gasteiger partial charge in [0.15, 0.2) is 9.84 Å². The number of halogens is 1. The van der Waals surface area contributed by atoms with Gasteiger partial charge in [-0.1, -0.05) is 6.07 Å². The Bertz CT molecular complexity index is 501. The normalized spacial score (nSPS) is 24.7. The summed E-state index contributed by atoms with van der Waals surface area (Å²) in [5, 5.41) is -0.138. The maximum atomic E-state index is 11.4. The molecule has 0 N–H and O–H groups in total. The van der Waals surface area contributed by atoms with E-state index in [0.29, 0.717) is 12.8 Å². The van der Waals surface area contributed by atoms with E-state index in [1.807, 2.05) is 19.1 Å². The fourth-order valence-electron chi connectivity index (χ4n) is 2.19. The molecule has 2 atom stereocenters. The minimum Gasteiger partial charge on any atom is -0.261 e. The lowest BCUT2D eigenvalue weighted by molar-refractivity contribution is 0.546. The summed E-state index contributed by atoms with van der Waals surface area (Å²) < 4.78 is 22.8. The van der Waals surface area contributed by atoms with Crippen molar-refractivity contribution in [3.8, 4) is 0 Å². The summed E-state index contributed by atoms with van der Waals surface area (Å²) in [6.07, 6.45) is 3.08. The molecule has 1 aromatic rings. The summed E-state index contributed by atoms with van der Waals surface area (Å²) in [4.78, 5) is 4.29. The van der Waals surface area contributed by atoms with Crippen molar-refractivity contribution >= 4 is 21.4 Å². The Kier molecular flexibility index (Phi) is 3.73. The van der Waals surface area contributed by atoms with E-state index in [1.165, 1.54) is 0 Å². The maximum Gasteiger partial charge on any atom is 0.150 e. The number of alkyl halides is 1. The van der Waals surface area contributed by atoms with Crippen LogP contribution >= 0.6 is 11.6 Å². The zero-order chi connectivity index (χ0) is 12.5. The van der Waals surface area contributed by atoms with E-state index in [-0.39, 0.29) is 22.8 Å². The molecule has 2 rings (SSSR count). The quantitative estimate of drug-likeness (QED) is 0.791. The largest absolute Gasteiger partial charge is 0.261 e. The number of nitrogens with zero attached hydrogens (tertiary/aromatic N) is 1. The van der Waals surface area contributed by atoms with Crippen molar-refractivity contribution in [2.45, 2.75) is 25.1 Å². The number of pyridine rings is 1. The lowest BCUT2D eigenvalue weighted by atomic mass is 9.99. The summed E-state index contributed by atoms with van der Waals surface area (Å²) >= 11 is 6.32. The number of hydrogen-bond acceptors (Lipinski definition) is 3. The summed E-state index contributed by atoms with van der Waals surface area (Å²) in [7, 11) is -2.85. The predicted octanol–water partition coefficient (Wildman–Crippen LogP) is 1.97. The molecule has 0 spiro atoms. The van der Waals surface area contributed by atoms with Crippen LogP contribution in [0.5, 0.6) is 0 Å². The van der Waals surface area contributed by atoms with E-state index in [2.05, 4.69) is 4.98 Å². The Labute approximate surface area is 107 Å². The van der Waals surface area contributed by atoms with Crippen LogP contribution in [0.2, 0.25) is 0 Å². The highest BCUT2D eigenvalue weighted by Crippen LogP contribution is 2.27. The fourth-order valence-corrected chi connectivity index (χ4v) is 4.54. The van der Waals surface area contributed by atoms with E-state index >= 15 is 0 Å². The molecule has 0 saturated carbocycles. The third-order valence-corrected chi connectivity index (χ3v) is 5.59. The average molecular weight is 274 g/mol. The molecule has 0 amide bonds. The molecule has 2 unspecified atom stereocenters. The monoisotopic (exact) mass is 273 g/mol. The van der Waals surface area contributed by atoms with Crippen LogP contribution < -0.4 is 0 Å². The third-order valence-electron chi connectivity index (χ3n) is 3.29. The van der Waals surface area contributed by atoms with Crippen molar-refractivity contribution in [3.05, 3.63) is 29.6 Å².